The van der Waals surface area contributed by atoms with E-state index in [2.05, 4.69) is 39.1 Å². The van der Waals surface area contributed by atoms with Crippen LogP contribution in [0, 0.1) is 5.92 Å². The van der Waals surface area contributed by atoms with E-state index in [0.29, 0.717) is 5.95 Å². The lowest BCUT2D eigenvalue weighted by molar-refractivity contribution is 0.102. The minimum absolute atomic E-state index is 0.353. The summed E-state index contributed by atoms with van der Waals surface area (Å²) in [4.78, 5) is 13.6. The average Bonchev–Trinajstić information content (AvgIpc) is 2.47. The van der Waals surface area contributed by atoms with Crippen LogP contribution in [-0.4, -0.2) is 54.1 Å². The first-order valence-electron chi connectivity index (χ1n) is 8.01. The van der Waals surface area contributed by atoms with Crippen LogP contribution >= 0.6 is 0 Å². The molecule has 0 aromatic carbocycles. The molecule has 21 heavy (non-hydrogen) atoms. The van der Waals surface area contributed by atoms with Crippen LogP contribution in [0.15, 0.2) is 6.07 Å². The summed E-state index contributed by atoms with van der Waals surface area (Å²) in [6.45, 7) is 6.27. The predicted molar refractivity (Wildman–Crippen MR) is 86.6 cm³/mol. The highest BCUT2D eigenvalue weighted by molar-refractivity contribution is 5.53. The van der Waals surface area contributed by atoms with Crippen molar-refractivity contribution in [1.82, 2.24) is 14.9 Å². The number of nitrogens with one attached hydrogen (secondary N) is 1. The van der Waals surface area contributed by atoms with Gasteiger partial charge < -0.3 is 20.9 Å². The molecule has 3 rings (SSSR count). The number of rotatable bonds is 3. The van der Waals surface area contributed by atoms with Gasteiger partial charge in [0.25, 0.3) is 0 Å². The highest BCUT2D eigenvalue weighted by Gasteiger charge is 2.34. The fraction of sp³-hybridized carbons (Fsp3) is 0.733. The molecule has 1 aromatic heterocycles. The number of nitrogen functional groups attached to an aromatic ring is 1. The summed E-state index contributed by atoms with van der Waals surface area (Å²) in [5, 5.41) is 3.23. The molecule has 6 heteroatoms. The van der Waals surface area contributed by atoms with Crippen LogP contribution in [0.25, 0.3) is 0 Å². The summed E-state index contributed by atoms with van der Waals surface area (Å²) < 4.78 is 0. The molecular formula is C15H26N6. The third-order valence-electron chi connectivity index (χ3n) is 4.76. The quantitative estimate of drug-likeness (QED) is 0.877. The van der Waals surface area contributed by atoms with E-state index in [4.69, 9.17) is 5.73 Å². The second-order valence-corrected chi connectivity index (χ2v) is 6.18. The molecule has 0 amide bonds. The van der Waals surface area contributed by atoms with Crippen molar-refractivity contribution in [3.63, 3.8) is 0 Å². The van der Waals surface area contributed by atoms with Crippen LogP contribution in [0.4, 0.5) is 17.6 Å². The summed E-state index contributed by atoms with van der Waals surface area (Å²) in [5.74, 6) is 2.88. The molecule has 2 atom stereocenters. The van der Waals surface area contributed by atoms with Crippen LogP contribution < -0.4 is 16.0 Å². The van der Waals surface area contributed by atoms with Crippen LogP contribution in [-0.2, 0) is 0 Å². The Balaban J connectivity index is 1.75. The molecule has 0 bridgehead atoms. The molecule has 0 saturated carbocycles. The van der Waals surface area contributed by atoms with E-state index in [-0.39, 0.29) is 0 Å². The van der Waals surface area contributed by atoms with Crippen molar-refractivity contribution >= 4 is 17.6 Å². The van der Waals surface area contributed by atoms with E-state index in [1.165, 1.54) is 25.8 Å². The maximum atomic E-state index is 5.85. The number of anilines is 3. The Kier molecular flexibility index (Phi) is 4.14. The van der Waals surface area contributed by atoms with Crippen molar-refractivity contribution < 1.29 is 0 Å². The van der Waals surface area contributed by atoms with E-state index in [9.17, 15) is 0 Å². The molecule has 0 spiro atoms. The molecule has 2 fully saturated rings. The van der Waals surface area contributed by atoms with Gasteiger partial charge in [0, 0.05) is 31.7 Å². The number of fused-ring (bicyclic) bond motifs is 1. The van der Waals surface area contributed by atoms with Gasteiger partial charge in [-0.1, -0.05) is 0 Å². The summed E-state index contributed by atoms with van der Waals surface area (Å²) >= 11 is 0. The van der Waals surface area contributed by atoms with Crippen LogP contribution in [0.1, 0.15) is 26.2 Å². The lowest BCUT2D eigenvalue weighted by atomic mass is 9.84. The van der Waals surface area contributed by atoms with E-state index < -0.39 is 0 Å². The molecule has 2 saturated heterocycles. The van der Waals surface area contributed by atoms with Gasteiger partial charge in [-0.3, -0.25) is 0 Å². The molecule has 3 N–H and O–H groups in total. The number of nitrogens with zero attached hydrogens (tertiary/aromatic N) is 4. The zero-order valence-corrected chi connectivity index (χ0v) is 13.0. The Morgan fingerprint density at radius 3 is 3.00 bits per heavy atom. The van der Waals surface area contributed by atoms with Gasteiger partial charge in [0.15, 0.2) is 0 Å². The number of nitrogens with two attached hydrogens (primary N) is 1. The monoisotopic (exact) mass is 290 g/mol. The van der Waals surface area contributed by atoms with Crippen molar-refractivity contribution in [2.24, 2.45) is 5.92 Å². The molecule has 2 aliphatic rings. The number of piperidine rings is 2. The molecule has 1 aromatic rings. The predicted octanol–water partition coefficient (Wildman–Crippen LogP) is 1.41. The number of hydrogen-bond acceptors (Lipinski definition) is 6. The summed E-state index contributed by atoms with van der Waals surface area (Å²) in [6.07, 6.45) is 3.84. The minimum Gasteiger partial charge on any atom is -0.370 e. The first kappa shape index (κ1) is 14.4. The largest absolute Gasteiger partial charge is 0.370 e. The first-order valence-corrected chi connectivity index (χ1v) is 8.01. The maximum absolute atomic E-state index is 5.85. The third-order valence-corrected chi connectivity index (χ3v) is 4.76. The van der Waals surface area contributed by atoms with Gasteiger partial charge >= 0.3 is 0 Å². The Labute approximate surface area is 126 Å². The molecule has 2 aliphatic heterocycles. The second kappa shape index (κ2) is 6.05. The van der Waals surface area contributed by atoms with Crippen molar-refractivity contribution in [2.75, 3.05) is 49.2 Å². The van der Waals surface area contributed by atoms with Gasteiger partial charge in [0.05, 0.1) is 0 Å². The van der Waals surface area contributed by atoms with Crippen LogP contribution in [0.5, 0.6) is 0 Å². The lowest BCUT2D eigenvalue weighted by Crippen LogP contribution is -2.52. The Morgan fingerprint density at radius 2 is 2.19 bits per heavy atom. The number of aromatic nitrogens is 2. The SMILES string of the molecule is CCNc1cc(N2CCC3C(CCCN3C)C2)nc(N)n1. The molecular weight excluding hydrogens is 264 g/mol. The topological polar surface area (TPSA) is 70.3 Å². The van der Waals surface area contributed by atoms with Gasteiger partial charge in [-0.2, -0.15) is 9.97 Å². The Bertz CT molecular complexity index is 491. The minimum atomic E-state index is 0.353. The molecule has 0 radical (unpaired) electrons. The van der Waals surface area contributed by atoms with E-state index >= 15 is 0 Å². The van der Waals surface area contributed by atoms with Crippen molar-refractivity contribution in [3.05, 3.63) is 6.07 Å². The average molecular weight is 290 g/mol. The lowest BCUT2D eigenvalue weighted by Gasteiger charge is -2.46. The van der Waals surface area contributed by atoms with E-state index in [1.807, 2.05) is 6.07 Å². The van der Waals surface area contributed by atoms with E-state index in [0.717, 1.165) is 43.2 Å². The number of likely N-dealkylation sites (tertiary alicyclic amines) is 1. The fourth-order valence-electron chi connectivity index (χ4n) is 3.75. The highest BCUT2D eigenvalue weighted by Crippen LogP contribution is 2.31. The highest BCUT2D eigenvalue weighted by atomic mass is 15.3. The van der Waals surface area contributed by atoms with Gasteiger partial charge in [-0.05, 0) is 45.7 Å². The summed E-state index contributed by atoms with van der Waals surface area (Å²) in [5.41, 5.74) is 5.85. The zero-order chi connectivity index (χ0) is 14.8. The normalized spacial score (nSPS) is 26.5. The van der Waals surface area contributed by atoms with Crippen molar-refractivity contribution in [2.45, 2.75) is 32.2 Å². The first-order chi connectivity index (χ1) is 10.2. The molecule has 6 nitrogen and oxygen atoms in total. The summed E-state index contributed by atoms with van der Waals surface area (Å²) in [6, 6.07) is 2.76. The maximum Gasteiger partial charge on any atom is 0.223 e. The van der Waals surface area contributed by atoms with Gasteiger partial charge in [-0.15, -0.1) is 0 Å². The van der Waals surface area contributed by atoms with Gasteiger partial charge in [0.1, 0.15) is 11.6 Å². The van der Waals surface area contributed by atoms with Crippen molar-refractivity contribution in [1.29, 1.82) is 0 Å². The Hall–Kier alpha value is -1.56. The van der Waals surface area contributed by atoms with Crippen LogP contribution in [0.3, 0.4) is 0 Å². The molecule has 116 valence electrons. The molecule has 2 unspecified atom stereocenters. The smallest absolute Gasteiger partial charge is 0.223 e. The molecule has 0 aliphatic carbocycles. The number of hydrogen-bond donors (Lipinski definition) is 2. The summed E-state index contributed by atoms with van der Waals surface area (Å²) in [7, 11) is 2.26. The van der Waals surface area contributed by atoms with Gasteiger partial charge in [0.2, 0.25) is 5.95 Å². The standard InChI is InChI=1S/C15H26N6/c1-3-17-13-9-14(19-15(16)18-13)21-8-6-12-11(10-21)5-4-7-20(12)2/h9,11-12H,3-8,10H2,1-2H3,(H3,16,17,18,19). The van der Waals surface area contributed by atoms with Crippen molar-refractivity contribution in [3.8, 4) is 0 Å². The second-order valence-electron chi connectivity index (χ2n) is 6.18. The van der Waals surface area contributed by atoms with Gasteiger partial charge in [-0.25, -0.2) is 0 Å². The zero-order valence-electron chi connectivity index (χ0n) is 13.0. The fourth-order valence-corrected chi connectivity index (χ4v) is 3.75. The molecule has 3 heterocycles. The van der Waals surface area contributed by atoms with E-state index in [1.54, 1.807) is 0 Å². The Morgan fingerprint density at radius 1 is 1.33 bits per heavy atom. The third kappa shape index (κ3) is 3.05. The van der Waals surface area contributed by atoms with Crippen LogP contribution in [0.2, 0.25) is 0 Å².